The molecule has 0 fully saturated rings. The van der Waals surface area contributed by atoms with Gasteiger partial charge in [-0.05, 0) is 0 Å². The third-order valence-electron chi connectivity index (χ3n) is 0. The topological polar surface area (TPSA) is 0 Å². The number of rotatable bonds is 0. The molecular weight excluding hydrogens is 223 g/mol. The normalized spacial score (nSPS) is 0.667. The van der Waals surface area contributed by atoms with Crippen molar-refractivity contribution < 1.29 is 65.4 Å². The summed E-state index contributed by atoms with van der Waals surface area (Å²) in [5, 5.41) is 0. The summed E-state index contributed by atoms with van der Waals surface area (Å²) in [6.45, 7) is 0. The number of hydrogen-bond donors (Lipinski definition) is 0. The summed E-state index contributed by atoms with van der Waals surface area (Å²) < 4.78 is 0. The second kappa shape index (κ2) is 53.9. The van der Waals surface area contributed by atoms with E-state index < -0.39 is 0 Å². The zero-order valence-corrected chi connectivity index (χ0v) is 9.99. The van der Waals surface area contributed by atoms with E-state index in [0.29, 0.717) is 0 Å². The molecule has 0 bridgehead atoms. The summed E-state index contributed by atoms with van der Waals surface area (Å²) in [5.74, 6) is 0. The van der Waals surface area contributed by atoms with Crippen LogP contribution in [-0.4, -0.2) is 15.5 Å². The van der Waals surface area contributed by atoms with Crippen LogP contribution in [0, 0.1) is 14.9 Å². The van der Waals surface area contributed by atoms with Gasteiger partial charge in [0.2, 0.25) is 0 Å². The fourth-order valence-corrected chi connectivity index (χ4v) is 0. The molecule has 0 atom stereocenters. The van der Waals surface area contributed by atoms with E-state index in [1.807, 2.05) is 0 Å². The van der Waals surface area contributed by atoms with Gasteiger partial charge in [0.05, 0.1) is 0 Å². The largest absolute Gasteiger partial charge is 0.358 e. The minimum absolute atomic E-state index is 0. The quantitative estimate of drug-likeness (QED) is 0.409. The molecule has 6 heavy (non-hydrogen) atoms. The molecule has 28 valence electrons. The second-order valence-electron chi connectivity index (χ2n) is 0. The van der Waals surface area contributed by atoms with Crippen LogP contribution in [0.4, 0.5) is 0 Å². The first-order valence-electron chi connectivity index (χ1n) is 0.333. The molecule has 0 spiro atoms. The van der Waals surface area contributed by atoms with Crippen LogP contribution in [0.25, 0.3) is 0 Å². The van der Waals surface area contributed by atoms with Crippen LogP contribution in [-0.2, 0) is 65.4 Å². The molecule has 0 unspecified atom stereocenters. The Morgan fingerprint density at radius 3 is 0.667 bits per heavy atom. The van der Waals surface area contributed by atoms with E-state index in [1.54, 1.807) is 0 Å². The van der Waals surface area contributed by atoms with Gasteiger partial charge in [-0.1, -0.05) is 0 Å². The molecule has 0 aromatic heterocycles. The number of hydrogen-bond acceptors (Lipinski definition) is 0. The van der Waals surface area contributed by atoms with E-state index in [-0.39, 0.29) is 80.3 Å². The van der Waals surface area contributed by atoms with Gasteiger partial charge in [-0.25, -0.2) is 0 Å². The maximum absolute atomic E-state index is 4.00. The van der Waals surface area contributed by atoms with Crippen molar-refractivity contribution in [2.75, 3.05) is 0 Å². The Bertz CT molecular complexity index is 9.51. The Balaban J connectivity index is -0.000000000833. The summed E-state index contributed by atoms with van der Waals surface area (Å²) in [7, 11) is 8.00. The zero-order chi connectivity index (χ0) is 2.00. The zero-order valence-electron chi connectivity index (χ0n) is 4.31. The van der Waals surface area contributed by atoms with Crippen molar-refractivity contribution in [1.82, 2.24) is 0 Å². The predicted molar refractivity (Wildman–Crippen MR) is 24.3 cm³/mol. The van der Waals surface area contributed by atoms with Gasteiger partial charge in [0, 0.05) is 80.9 Å². The van der Waals surface area contributed by atoms with Crippen molar-refractivity contribution in [2.45, 2.75) is 0 Å². The molecule has 0 N–H and O–H groups in total. The fourth-order valence-electron chi connectivity index (χ4n) is 0. The molecule has 0 aliphatic carbocycles. The van der Waals surface area contributed by atoms with Gasteiger partial charge >= 0.3 is 0 Å². The van der Waals surface area contributed by atoms with Crippen molar-refractivity contribution in [3.8, 4) is 0 Å². The third kappa shape index (κ3) is 33.0. The average molecular weight is 230 g/mol. The smallest absolute Gasteiger partial charge is 0 e. The first-order valence-corrected chi connectivity index (χ1v) is 0.333. The van der Waals surface area contributed by atoms with Crippen LogP contribution in [0.3, 0.4) is 0 Å². The van der Waals surface area contributed by atoms with Gasteiger partial charge in [0.25, 0.3) is 0 Å². The molecule has 0 amide bonds. The van der Waals surface area contributed by atoms with Crippen molar-refractivity contribution in [3.05, 3.63) is 14.9 Å². The van der Waals surface area contributed by atoms with Gasteiger partial charge in [-0.2, -0.15) is 0 Å². The molecule has 0 nitrogen and oxygen atoms in total. The van der Waals surface area contributed by atoms with Crippen molar-refractivity contribution in [1.29, 1.82) is 0 Å². The van der Waals surface area contributed by atoms with Gasteiger partial charge in [0.1, 0.15) is 0 Å². The van der Waals surface area contributed by atoms with Gasteiger partial charge in [-0.3, -0.25) is 0 Å². The maximum atomic E-state index is 4.00. The van der Waals surface area contributed by atoms with Crippen LogP contribution >= 0.6 is 0 Å². The Hall–Kier alpha value is 2.34. The second-order valence-corrected chi connectivity index (χ2v) is 0. The van der Waals surface area contributed by atoms with Gasteiger partial charge in [-0.15, -0.1) is 0 Å². The fraction of sp³-hybridized carbons (Fsp3) is 0. The Labute approximate surface area is 94.2 Å². The molecular formula is C2H6B2Y2-2. The van der Waals surface area contributed by atoms with Crippen LogP contribution in [0.1, 0.15) is 0 Å². The summed E-state index contributed by atoms with van der Waals surface area (Å²) in [6.07, 6.45) is 0. The average Bonchev–Trinajstić information content (AvgIpc) is 1.00. The van der Waals surface area contributed by atoms with Crippen molar-refractivity contribution in [2.24, 2.45) is 0 Å². The van der Waals surface area contributed by atoms with E-state index in [4.69, 9.17) is 0 Å². The monoisotopic (exact) mass is 230 g/mol. The Morgan fingerprint density at radius 2 is 0.667 bits per heavy atom. The summed E-state index contributed by atoms with van der Waals surface area (Å²) in [4.78, 5) is 0. The molecule has 0 aliphatic rings. The molecule has 0 saturated carbocycles. The van der Waals surface area contributed by atoms with Gasteiger partial charge in [0.15, 0.2) is 0 Å². The minimum atomic E-state index is 0. The summed E-state index contributed by atoms with van der Waals surface area (Å²) >= 11 is 0. The van der Waals surface area contributed by atoms with E-state index in [2.05, 4.69) is 15.5 Å². The molecule has 0 aromatic rings. The minimum Gasteiger partial charge on any atom is -0.358 e. The first-order chi connectivity index (χ1) is 1.00. The van der Waals surface area contributed by atoms with E-state index >= 15 is 0 Å². The van der Waals surface area contributed by atoms with Crippen LogP contribution < -0.4 is 0 Å². The molecule has 4 heteroatoms. The summed E-state index contributed by atoms with van der Waals surface area (Å²) in [5.41, 5.74) is 0. The van der Waals surface area contributed by atoms with Crippen LogP contribution in [0.5, 0.6) is 0 Å². The molecule has 0 rings (SSSR count). The van der Waals surface area contributed by atoms with E-state index in [0.717, 1.165) is 0 Å². The first kappa shape index (κ1) is 40.3. The van der Waals surface area contributed by atoms with Crippen molar-refractivity contribution in [3.63, 3.8) is 0 Å². The molecule has 6 radical (unpaired) electrons. The maximum Gasteiger partial charge on any atom is 0 e. The van der Waals surface area contributed by atoms with Crippen LogP contribution in [0.15, 0.2) is 0 Å². The van der Waals surface area contributed by atoms with E-state index in [1.165, 1.54) is 0 Å². The predicted octanol–water partition coefficient (Wildman–Crippen LogP) is 0.134. The Morgan fingerprint density at radius 1 is 0.667 bits per heavy atom. The Kier molecular flexibility index (Phi) is 362. The molecule has 0 heterocycles. The molecule has 0 aromatic carbocycles. The SMILES string of the molecule is [B][B].[CH3-].[CH3-].[Y].[Y]. The molecule has 0 saturated heterocycles. The standard InChI is InChI=1S/2CH3.B2.2Y/c;;1-2;;/h2*1H3;;;/q2*-1;;;. The summed E-state index contributed by atoms with van der Waals surface area (Å²) in [6, 6.07) is 0. The van der Waals surface area contributed by atoms with Crippen molar-refractivity contribution >= 4 is 15.5 Å². The van der Waals surface area contributed by atoms with Gasteiger partial charge < -0.3 is 14.9 Å². The molecule has 0 aliphatic heterocycles. The van der Waals surface area contributed by atoms with E-state index in [9.17, 15) is 0 Å². The third-order valence-corrected chi connectivity index (χ3v) is 0. The van der Waals surface area contributed by atoms with Crippen LogP contribution in [0.2, 0.25) is 0 Å².